The lowest BCUT2D eigenvalue weighted by atomic mass is 10.2. The summed E-state index contributed by atoms with van der Waals surface area (Å²) in [7, 11) is 0. The SMILES string of the molecule is CCNc1cc(Cc2nccn2CC)nc(COCC)n1. The van der Waals surface area contributed by atoms with Crippen molar-refractivity contribution in [2.75, 3.05) is 18.5 Å². The first-order valence-electron chi connectivity index (χ1n) is 7.45. The van der Waals surface area contributed by atoms with E-state index in [1.165, 1.54) is 0 Å². The Hall–Kier alpha value is -1.95. The Balaban J connectivity index is 2.22. The second kappa shape index (κ2) is 7.73. The van der Waals surface area contributed by atoms with E-state index in [-0.39, 0.29) is 0 Å². The van der Waals surface area contributed by atoms with Crippen molar-refractivity contribution in [2.24, 2.45) is 0 Å². The number of aryl methyl sites for hydroxylation is 1. The number of rotatable bonds is 8. The molecular formula is C15H23N5O. The third kappa shape index (κ3) is 4.26. The Morgan fingerprint density at radius 1 is 1.24 bits per heavy atom. The molecule has 0 fully saturated rings. The number of imidazole rings is 1. The molecule has 2 aromatic rings. The zero-order chi connectivity index (χ0) is 15.1. The Labute approximate surface area is 125 Å². The highest BCUT2D eigenvalue weighted by Gasteiger charge is 2.08. The minimum Gasteiger partial charge on any atom is -0.374 e. The number of anilines is 1. The average molecular weight is 289 g/mol. The van der Waals surface area contributed by atoms with Gasteiger partial charge in [-0.3, -0.25) is 0 Å². The van der Waals surface area contributed by atoms with Crippen molar-refractivity contribution >= 4 is 5.82 Å². The molecule has 0 saturated carbocycles. The average Bonchev–Trinajstić information content (AvgIpc) is 2.92. The molecule has 0 aliphatic rings. The maximum absolute atomic E-state index is 5.41. The molecule has 21 heavy (non-hydrogen) atoms. The van der Waals surface area contributed by atoms with Crippen molar-refractivity contribution in [3.05, 3.63) is 35.8 Å². The van der Waals surface area contributed by atoms with Gasteiger partial charge in [-0.1, -0.05) is 0 Å². The van der Waals surface area contributed by atoms with Crippen LogP contribution >= 0.6 is 0 Å². The summed E-state index contributed by atoms with van der Waals surface area (Å²) in [6, 6.07) is 1.98. The lowest BCUT2D eigenvalue weighted by Crippen LogP contribution is -2.09. The van der Waals surface area contributed by atoms with Gasteiger partial charge in [0.2, 0.25) is 0 Å². The van der Waals surface area contributed by atoms with Crippen LogP contribution in [0.25, 0.3) is 0 Å². The molecule has 0 amide bonds. The van der Waals surface area contributed by atoms with Gasteiger partial charge in [0.25, 0.3) is 0 Å². The van der Waals surface area contributed by atoms with E-state index >= 15 is 0 Å². The van der Waals surface area contributed by atoms with Crippen LogP contribution < -0.4 is 5.32 Å². The van der Waals surface area contributed by atoms with Crippen LogP contribution in [0.2, 0.25) is 0 Å². The summed E-state index contributed by atoms with van der Waals surface area (Å²) < 4.78 is 7.54. The van der Waals surface area contributed by atoms with E-state index < -0.39 is 0 Å². The molecule has 2 aromatic heterocycles. The molecule has 0 radical (unpaired) electrons. The van der Waals surface area contributed by atoms with Crippen LogP contribution in [0.4, 0.5) is 5.82 Å². The van der Waals surface area contributed by atoms with Gasteiger partial charge in [0.1, 0.15) is 18.2 Å². The molecule has 1 N–H and O–H groups in total. The van der Waals surface area contributed by atoms with Gasteiger partial charge in [-0.05, 0) is 20.8 Å². The van der Waals surface area contributed by atoms with Crippen LogP contribution in [-0.2, 0) is 24.3 Å². The largest absolute Gasteiger partial charge is 0.374 e. The van der Waals surface area contributed by atoms with E-state index in [9.17, 15) is 0 Å². The van der Waals surface area contributed by atoms with Gasteiger partial charge < -0.3 is 14.6 Å². The van der Waals surface area contributed by atoms with Crippen LogP contribution in [0.5, 0.6) is 0 Å². The summed E-state index contributed by atoms with van der Waals surface area (Å²) in [5.41, 5.74) is 0.955. The highest BCUT2D eigenvalue weighted by molar-refractivity contribution is 5.36. The molecule has 0 bridgehead atoms. The lowest BCUT2D eigenvalue weighted by Gasteiger charge is -2.10. The molecule has 2 rings (SSSR count). The van der Waals surface area contributed by atoms with Gasteiger partial charge in [0, 0.05) is 44.6 Å². The van der Waals surface area contributed by atoms with E-state index in [1.54, 1.807) is 0 Å². The van der Waals surface area contributed by atoms with Crippen LogP contribution in [0.3, 0.4) is 0 Å². The lowest BCUT2D eigenvalue weighted by molar-refractivity contribution is 0.128. The Morgan fingerprint density at radius 3 is 2.81 bits per heavy atom. The van der Waals surface area contributed by atoms with Crippen LogP contribution in [0, 0.1) is 0 Å². The third-order valence-electron chi connectivity index (χ3n) is 3.10. The zero-order valence-corrected chi connectivity index (χ0v) is 13.0. The summed E-state index contributed by atoms with van der Waals surface area (Å²) >= 11 is 0. The third-order valence-corrected chi connectivity index (χ3v) is 3.10. The van der Waals surface area contributed by atoms with E-state index in [0.29, 0.717) is 25.5 Å². The first-order valence-corrected chi connectivity index (χ1v) is 7.45. The summed E-state index contributed by atoms with van der Waals surface area (Å²) in [5.74, 6) is 2.56. The molecule has 0 aliphatic heterocycles. The molecule has 6 nitrogen and oxygen atoms in total. The summed E-state index contributed by atoms with van der Waals surface area (Å²) in [5, 5.41) is 3.24. The Kier molecular flexibility index (Phi) is 5.68. The quantitative estimate of drug-likeness (QED) is 0.807. The van der Waals surface area contributed by atoms with Crippen LogP contribution in [0.1, 0.15) is 38.1 Å². The molecule has 0 saturated heterocycles. The monoisotopic (exact) mass is 289 g/mol. The normalized spacial score (nSPS) is 10.8. The number of nitrogens with zero attached hydrogens (tertiary/aromatic N) is 4. The number of aromatic nitrogens is 4. The van der Waals surface area contributed by atoms with Crippen molar-refractivity contribution in [1.29, 1.82) is 0 Å². The van der Waals surface area contributed by atoms with Crippen molar-refractivity contribution in [2.45, 2.75) is 40.3 Å². The predicted octanol–water partition coefficient (Wildman–Crippen LogP) is 2.25. The maximum atomic E-state index is 5.41. The number of nitrogens with one attached hydrogen (secondary N) is 1. The smallest absolute Gasteiger partial charge is 0.156 e. The molecule has 0 aliphatic carbocycles. The maximum Gasteiger partial charge on any atom is 0.156 e. The Morgan fingerprint density at radius 2 is 2.10 bits per heavy atom. The molecule has 6 heteroatoms. The predicted molar refractivity (Wildman–Crippen MR) is 82.2 cm³/mol. The topological polar surface area (TPSA) is 64.9 Å². The molecule has 0 atom stereocenters. The summed E-state index contributed by atoms with van der Waals surface area (Å²) in [6.07, 6.45) is 4.51. The zero-order valence-electron chi connectivity index (χ0n) is 13.0. The van der Waals surface area contributed by atoms with Crippen molar-refractivity contribution in [3.8, 4) is 0 Å². The molecule has 2 heterocycles. The fourth-order valence-corrected chi connectivity index (χ4v) is 2.13. The van der Waals surface area contributed by atoms with E-state index in [0.717, 1.165) is 30.4 Å². The highest BCUT2D eigenvalue weighted by Crippen LogP contribution is 2.12. The second-order valence-corrected chi connectivity index (χ2v) is 4.63. The van der Waals surface area contributed by atoms with E-state index in [4.69, 9.17) is 4.74 Å². The number of ether oxygens (including phenoxy) is 1. The number of hydrogen-bond acceptors (Lipinski definition) is 5. The van der Waals surface area contributed by atoms with Gasteiger partial charge in [-0.15, -0.1) is 0 Å². The van der Waals surface area contributed by atoms with Crippen LogP contribution in [0.15, 0.2) is 18.5 Å². The Bertz CT molecular complexity index is 567. The number of hydrogen-bond donors (Lipinski definition) is 1. The molecule has 0 aromatic carbocycles. The minimum absolute atomic E-state index is 0.435. The molecule has 0 spiro atoms. The van der Waals surface area contributed by atoms with E-state index in [1.807, 2.05) is 32.3 Å². The van der Waals surface area contributed by atoms with E-state index in [2.05, 4.69) is 31.8 Å². The first kappa shape index (κ1) is 15.4. The summed E-state index contributed by atoms with van der Waals surface area (Å²) in [4.78, 5) is 13.4. The van der Waals surface area contributed by atoms with Gasteiger partial charge in [-0.2, -0.15) is 0 Å². The van der Waals surface area contributed by atoms with Gasteiger partial charge in [-0.25, -0.2) is 15.0 Å². The molecule has 114 valence electrons. The first-order chi connectivity index (χ1) is 10.3. The molecular weight excluding hydrogens is 266 g/mol. The van der Waals surface area contributed by atoms with Crippen molar-refractivity contribution in [1.82, 2.24) is 19.5 Å². The highest BCUT2D eigenvalue weighted by atomic mass is 16.5. The minimum atomic E-state index is 0.435. The van der Waals surface area contributed by atoms with Crippen molar-refractivity contribution < 1.29 is 4.74 Å². The standard InChI is InChI=1S/C15H23N5O/c1-4-16-13-9-12(18-14(19-13)11-21-6-3)10-15-17-7-8-20(15)5-2/h7-9H,4-6,10-11H2,1-3H3,(H,16,18,19). The van der Waals surface area contributed by atoms with Gasteiger partial charge >= 0.3 is 0 Å². The fraction of sp³-hybridized carbons (Fsp3) is 0.533. The fourth-order valence-electron chi connectivity index (χ4n) is 2.13. The van der Waals surface area contributed by atoms with Crippen LogP contribution in [-0.4, -0.2) is 32.7 Å². The van der Waals surface area contributed by atoms with Gasteiger partial charge in [0.15, 0.2) is 5.82 Å². The van der Waals surface area contributed by atoms with Gasteiger partial charge in [0.05, 0.1) is 5.69 Å². The summed E-state index contributed by atoms with van der Waals surface area (Å²) in [6.45, 7) is 8.95. The molecule has 0 unspecified atom stereocenters. The second-order valence-electron chi connectivity index (χ2n) is 4.63. The van der Waals surface area contributed by atoms with Crippen molar-refractivity contribution in [3.63, 3.8) is 0 Å².